The Labute approximate surface area is 136 Å². The molecule has 6 heteroatoms. The van der Waals surface area contributed by atoms with Crippen LogP contribution < -0.4 is 11.1 Å². The zero-order valence-electron chi connectivity index (χ0n) is 13.2. The van der Waals surface area contributed by atoms with E-state index in [4.69, 9.17) is 5.73 Å². The highest BCUT2D eigenvalue weighted by Gasteiger charge is 2.34. The van der Waals surface area contributed by atoms with Gasteiger partial charge in [-0.1, -0.05) is 43.5 Å². The molecule has 0 saturated heterocycles. The molecule has 1 heterocycles. The van der Waals surface area contributed by atoms with Crippen LogP contribution in [-0.4, -0.2) is 26.2 Å². The van der Waals surface area contributed by atoms with Crippen LogP contribution in [0.25, 0.3) is 0 Å². The van der Waals surface area contributed by atoms with Crippen LogP contribution in [0.15, 0.2) is 36.9 Å². The third-order valence-electron chi connectivity index (χ3n) is 4.49. The smallest absolute Gasteiger partial charge is 0.240 e. The van der Waals surface area contributed by atoms with Gasteiger partial charge in [-0.3, -0.25) is 4.79 Å². The molecule has 1 aliphatic rings. The van der Waals surface area contributed by atoms with Crippen molar-refractivity contribution in [2.45, 2.75) is 50.7 Å². The van der Waals surface area contributed by atoms with Gasteiger partial charge in [-0.15, -0.1) is 0 Å². The van der Waals surface area contributed by atoms with Gasteiger partial charge in [0.2, 0.25) is 5.91 Å². The Morgan fingerprint density at radius 1 is 1.17 bits per heavy atom. The molecule has 1 amide bonds. The van der Waals surface area contributed by atoms with E-state index in [-0.39, 0.29) is 5.91 Å². The van der Waals surface area contributed by atoms with Gasteiger partial charge in [-0.25, -0.2) is 9.67 Å². The first-order valence-corrected chi connectivity index (χ1v) is 8.13. The molecular weight excluding hydrogens is 290 g/mol. The van der Waals surface area contributed by atoms with E-state index in [1.807, 2.05) is 24.3 Å². The molecule has 0 atom stereocenters. The maximum Gasteiger partial charge on any atom is 0.240 e. The number of nitrogens with one attached hydrogen (secondary N) is 1. The first-order valence-electron chi connectivity index (χ1n) is 8.13. The van der Waals surface area contributed by atoms with Crippen molar-refractivity contribution >= 4 is 5.91 Å². The molecular formula is C17H23N5O. The summed E-state index contributed by atoms with van der Waals surface area (Å²) in [6.07, 6.45) is 8.06. The Morgan fingerprint density at radius 2 is 1.87 bits per heavy atom. The summed E-state index contributed by atoms with van der Waals surface area (Å²) in [5, 5.41) is 7.07. The molecule has 23 heavy (non-hydrogen) atoms. The fourth-order valence-corrected chi connectivity index (χ4v) is 3.03. The van der Waals surface area contributed by atoms with Gasteiger partial charge in [-0.05, 0) is 24.0 Å². The summed E-state index contributed by atoms with van der Waals surface area (Å²) in [4.78, 5) is 16.2. The van der Waals surface area contributed by atoms with Crippen molar-refractivity contribution in [3.05, 3.63) is 48.0 Å². The molecule has 0 bridgehead atoms. The predicted octanol–water partition coefficient (Wildman–Crippen LogP) is 1.60. The Morgan fingerprint density at radius 3 is 2.52 bits per heavy atom. The van der Waals surface area contributed by atoms with Crippen molar-refractivity contribution < 1.29 is 4.79 Å². The zero-order chi connectivity index (χ0) is 16.1. The van der Waals surface area contributed by atoms with E-state index in [0.29, 0.717) is 13.1 Å². The zero-order valence-corrected chi connectivity index (χ0v) is 13.2. The van der Waals surface area contributed by atoms with E-state index in [1.54, 1.807) is 11.0 Å². The molecule has 1 aromatic heterocycles. The molecule has 6 nitrogen and oxygen atoms in total. The summed E-state index contributed by atoms with van der Waals surface area (Å²) in [6, 6.07) is 8.14. The van der Waals surface area contributed by atoms with E-state index in [2.05, 4.69) is 15.4 Å². The van der Waals surface area contributed by atoms with Crippen molar-refractivity contribution in [1.82, 2.24) is 20.1 Å². The normalized spacial score (nSPS) is 16.9. The lowest BCUT2D eigenvalue weighted by molar-refractivity contribution is -0.127. The van der Waals surface area contributed by atoms with Gasteiger partial charge in [0, 0.05) is 6.54 Å². The minimum Gasteiger partial charge on any atom is -0.350 e. The number of nitrogens with zero attached hydrogens (tertiary/aromatic N) is 3. The maximum atomic E-state index is 12.3. The topological polar surface area (TPSA) is 85.8 Å². The van der Waals surface area contributed by atoms with Crippen molar-refractivity contribution in [1.29, 1.82) is 0 Å². The van der Waals surface area contributed by atoms with E-state index in [9.17, 15) is 4.79 Å². The second kappa shape index (κ2) is 6.91. The van der Waals surface area contributed by atoms with Crippen LogP contribution in [-0.2, 0) is 17.9 Å². The molecule has 0 unspecified atom stereocenters. The lowest BCUT2D eigenvalue weighted by Gasteiger charge is -2.31. The van der Waals surface area contributed by atoms with Gasteiger partial charge in [0.1, 0.15) is 12.7 Å². The largest absolute Gasteiger partial charge is 0.350 e. The van der Waals surface area contributed by atoms with Crippen LogP contribution in [0.1, 0.15) is 43.2 Å². The average molecular weight is 313 g/mol. The second-order valence-corrected chi connectivity index (χ2v) is 6.31. The van der Waals surface area contributed by atoms with Crippen molar-refractivity contribution in [3.8, 4) is 0 Å². The number of rotatable bonds is 5. The predicted molar refractivity (Wildman–Crippen MR) is 87.4 cm³/mol. The standard InChI is InChI=1S/C17H23N5O/c18-17(8-2-1-3-9-17)16(23)20-10-14-4-6-15(7-5-14)11-22-13-19-12-21-22/h4-7,12-13H,1-3,8-11,18H2,(H,20,23). The van der Waals surface area contributed by atoms with Crippen LogP contribution >= 0.6 is 0 Å². The Balaban J connectivity index is 1.53. The van der Waals surface area contributed by atoms with E-state index in [1.165, 1.54) is 12.7 Å². The number of benzene rings is 1. The minimum atomic E-state index is -0.675. The summed E-state index contributed by atoms with van der Waals surface area (Å²) in [5.74, 6) is -0.0242. The van der Waals surface area contributed by atoms with Crippen LogP contribution in [0.2, 0.25) is 0 Å². The Bertz CT molecular complexity index is 630. The van der Waals surface area contributed by atoms with Crippen molar-refractivity contribution in [2.75, 3.05) is 0 Å². The van der Waals surface area contributed by atoms with Gasteiger partial charge in [0.15, 0.2) is 0 Å². The average Bonchev–Trinajstić information content (AvgIpc) is 3.07. The lowest BCUT2D eigenvalue weighted by Crippen LogP contribution is -2.54. The third-order valence-corrected chi connectivity index (χ3v) is 4.49. The van der Waals surface area contributed by atoms with Gasteiger partial charge in [-0.2, -0.15) is 5.10 Å². The van der Waals surface area contributed by atoms with Crippen LogP contribution in [0.4, 0.5) is 0 Å². The maximum absolute atomic E-state index is 12.3. The number of aromatic nitrogens is 3. The third kappa shape index (κ3) is 3.96. The summed E-state index contributed by atoms with van der Waals surface area (Å²) >= 11 is 0. The first kappa shape index (κ1) is 15.7. The number of amides is 1. The van der Waals surface area contributed by atoms with E-state index in [0.717, 1.165) is 36.8 Å². The first-order chi connectivity index (χ1) is 11.2. The van der Waals surface area contributed by atoms with Crippen LogP contribution in [0, 0.1) is 0 Å². The minimum absolute atomic E-state index is 0.0242. The Hall–Kier alpha value is -2.21. The summed E-state index contributed by atoms with van der Waals surface area (Å²) in [7, 11) is 0. The summed E-state index contributed by atoms with van der Waals surface area (Å²) in [5.41, 5.74) is 7.78. The summed E-state index contributed by atoms with van der Waals surface area (Å²) in [6.45, 7) is 1.21. The van der Waals surface area contributed by atoms with E-state index < -0.39 is 5.54 Å². The molecule has 0 radical (unpaired) electrons. The van der Waals surface area contributed by atoms with Crippen LogP contribution in [0.5, 0.6) is 0 Å². The molecule has 1 fully saturated rings. The molecule has 3 N–H and O–H groups in total. The summed E-state index contributed by atoms with van der Waals surface area (Å²) < 4.78 is 1.78. The SMILES string of the molecule is NC1(C(=O)NCc2ccc(Cn3cncn3)cc2)CCCCC1. The van der Waals surface area contributed by atoms with Gasteiger partial charge < -0.3 is 11.1 Å². The fourth-order valence-electron chi connectivity index (χ4n) is 3.03. The molecule has 122 valence electrons. The number of carbonyl (C=O) groups excluding carboxylic acids is 1. The number of hydrogen-bond acceptors (Lipinski definition) is 4. The highest BCUT2D eigenvalue weighted by Crippen LogP contribution is 2.26. The molecule has 1 aromatic carbocycles. The molecule has 3 rings (SSSR count). The number of hydrogen-bond donors (Lipinski definition) is 2. The number of carbonyl (C=O) groups is 1. The quantitative estimate of drug-likeness (QED) is 0.878. The van der Waals surface area contributed by atoms with E-state index >= 15 is 0 Å². The highest BCUT2D eigenvalue weighted by molar-refractivity contribution is 5.86. The molecule has 1 saturated carbocycles. The molecule has 0 aliphatic heterocycles. The van der Waals surface area contributed by atoms with Gasteiger partial charge in [0.25, 0.3) is 0 Å². The Kier molecular flexibility index (Phi) is 4.71. The molecule has 2 aromatic rings. The van der Waals surface area contributed by atoms with Crippen LogP contribution in [0.3, 0.4) is 0 Å². The van der Waals surface area contributed by atoms with Gasteiger partial charge >= 0.3 is 0 Å². The van der Waals surface area contributed by atoms with Crippen molar-refractivity contribution in [2.24, 2.45) is 5.73 Å². The number of nitrogens with two attached hydrogens (primary N) is 1. The lowest BCUT2D eigenvalue weighted by atomic mass is 9.82. The monoisotopic (exact) mass is 313 g/mol. The van der Waals surface area contributed by atoms with Crippen molar-refractivity contribution in [3.63, 3.8) is 0 Å². The van der Waals surface area contributed by atoms with Gasteiger partial charge in [0.05, 0.1) is 12.1 Å². The highest BCUT2D eigenvalue weighted by atomic mass is 16.2. The molecule has 0 spiro atoms. The molecule has 1 aliphatic carbocycles. The fraction of sp³-hybridized carbons (Fsp3) is 0.471. The second-order valence-electron chi connectivity index (χ2n) is 6.31.